The summed E-state index contributed by atoms with van der Waals surface area (Å²) in [5, 5.41) is 15.8. The molecule has 0 bridgehead atoms. The second-order valence-corrected chi connectivity index (χ2v) is 7.21. The van der Waals surface area contributed by atoms with Gasteiger partial charge in [0, 0.05) is 34.9 Å². The fraction of sp³-hybridized carbons (Fsp3) is 0.312. The van der Waals surface area contributed by atoms with E-state index in [1.807, 2.05) is 24.3 Å². The molecule has 0 saturated heterocycles. The summed E-state index contributed by atoms with van der Waals surface area (Å²) in [5.74, 6) is -0.292. The van der Waals surface area contributed by atoms with Crippen LogP contribution in [0.2, 0.25) is 0 Å². The topological polar surface area (TPSA) is 84.2 Å². The summed E-state index contributed by atoms with van der Waals surface area (Å²) >= 11 is 5.10. The van der Waals surface area contributed by atoms with Crippen LogP contribution in [0.25, 0.3) is 0 Å². The summed E-state index contributed by atoms with van der Waals surface area (Å²) in [5.41, 5.74) is 0.601. The van der Waals surface area contributed by atoms with Gasteiger partial charge >= 0.3 is 5.97 Å². The van der Waals surface area contributed by atoms with Gasteiger partial charge in [-0.3, -0.25) is 9.48 Å². The molecule has 1 aromatic heterocycles. The zero-order valence-corrected chi connectivity index (χ0v) is 15.6. The third-order valence-corrected chi connectivity index (χ3v) is 4.95. The Balaban J connectivity index is 1.70. The molecule has 1 amide bonds. The molecular formula is C16H18BrN3O3S. The van der Waals surface area contributed by atoms with Gasteiger partial charge in [0.05, 0.1) is 6.20 Å². The third-order valence-electron chi connectivity index (χ3n) is 3.32. The smallest absolute Gasteiger partial charge is 0.354 e. The minimum atomic E-state index is -1.05. The highest BCUT2D eigenvalue weighted by Gasteiger charge is 2.15. The van der Waals surface area contributed by atoms with E-state index >= 15 is 0 Å². The lowest BCUT2D eigenvalue weighted by molar-refractivity contribution is -0.121. The van der Waals surface area contributed by atoms with E-state index < -0.39 is 5.97 Å². The molecule has 0 radical (unpaired) electrons. The van der Waals surface area contributed by atoms with Crippen LogP contribution in [0.15, 0.2) is 39.8 Å². The standard InChI is InChI=1S/C16H18BrN3O3S/c1-20-15(16(22)23)11(10-19-20)9-18-14(21)3-2-8-24-13-6-4-12(17)5-7-13/h4-7,10H,2-3,8-9H2,1H3,(H,18,21)(H,22,23). The molecule has 2 aromatic rings. The highest BCUT2D eigenvalue weighted by atomic mass is 79.9. The van der Waals surface area contributed by atoms with Crippen molar-refractivity contribution in [2.24, 2.45) is 7.05 Å². The van der Waals surface area contributed by atoms with Gasteiger partial charge in [-0.1, -0.05) is 15.9 Å². The highest BCUT2D eigenvalue weighted by molar-refractivity contribution is 9.10. The van der Waals surface area contributed by atoms with Crippen molar-refractivity contribution >= 4 is 39.6 Å². The van der Waals surface area contributed by atoms with Crippen molar-refractivity contribution in [2.75, 3.05) is 5.75 Å². The number of carboxylic acids is 1. The minimum absolute atomic E-state index is 0.0911. The number of carbonyl (C=O) groups is 2. The maximum absolute atomic E-state index is 11.9. The summed E-state index contributed by atoms with van der Waals surface area (Å²) in [4.78, 5) is 24.2. The van der Waals surface area contributed by atoms with Crippen molar-refractivity contribution in [3.63, 3.8) is 0 Å². The molecule has 8 heteroatoms. The van der Waals surface area contributed by atoms with Crippen molar-refractivity contribution in [3.8, 4) is 0 Å². The zero-order valence-electron chi connectivity index (χ0n) is 13.2. The Morgan fingerprint density at radius 3 is 2.71 bits per heavy atom. The summed E-state index contributed by atoms with van der Waals surface area (Å²) in [7, 11) is 1.56. The van der Waals surface area contributed by atoms with Crippen molar-refractivity contribution in [2.45, 2.75) is 24.3 Å². The zero-order chi connectivity index (χ0) is 17.5. The van der Waals surface area contributed by atoms with Crippen molar-refractivity contribution < 1.29 is 14.7 Å². The molecule has 1 heterocycles. The van der Waals surface area contributed by atoms with Gasteiger partial charge in [0.1, 0.15) is 0 Å². The monoisotopic (exact) mass is 411 g/mol. The van der Waals surface area contributed by atoms with E-state index in [-0.39, 0.29) is 18.1 Å². The second kappa shape index (κ2) is 8.89. The highest BCUT2D eigenvalue weighted by Crippen LogP contribution is 2.21. The summed E-state index contributed by atoms with van der Waals surface area (Å²) in [6, 6.07) is 8.04. The number of amides is 1. The molecule has 0 fully saturated rings. The van der Waals surface area contributed by atoms with Crippen LogP contribution >= 0.6 is 27.7 Å². The van der Waals surface area contributed by atoms with Crippen LogP contribution in [-0.4, -0.2) is 32.5 Å². The van der Waals surface area contributed by atoms with Gasteiger partial charge in [-0.15, -0.1) is 11.8 Å². The van der Waals surface area contributed by atoms with Crippen LogP contribution in [0.4, 0.5) is 0 Å². The van der Waals surface area contributed by atoms with E-state index in [9.17, 15) is 9.59 Å². The molecule has 128 valence electrons. The molecule has 0 saturated carbocycles. The maximum Gasteiger partial charge on any atom is 0.354 e. The van der Waals surface area contributed by atoms with Gasteiger partial charge in [-0.05, 0) is 36.4 Å². The Morgan fingerprint density at radius 1 is 1.33 bits per heavy atom. The first-order valence-corrected chi connectivity index (χ1v) is 9.14. The number of thioether (sulfide) groups is 1. The van der Waals surface area contributed by atoms with Gasteiger partial charge in [-0.25, -0.2) is 4.79 Å². The fourth-order valence-corrected chi connectivity index (χ4v) is 3.24. The van der Waals surface area contributed by atoms with Gasteiger partial charge < -0.3 is 10.4 Å². The van der Waals surface area contributed by atoms with E-state index in [1.54, 1.807) is 18.8 Å². The van der Waals surface area contributed by atoms with E-state index in [0.717, 1.165) is 16.6 Å². The molecule has 1 aromatic carbocycles. The average Bonchev–Trinajstić information content (AvgIpc) is 2.92. The Kier molecular flexibility index (Phi) is 6.86. The Hall–Kier alpha value is -1.80. The number of rotatable bonds is 8. The number of benzene rings is 1. The lowest BCUT2D eigenvalue weighted by atomic mass is 10.2. The number of nitrogens with one attached hydrogen (secondary N) is 1. The fourth-order valence-electron chi connectivity index (χ4n) is 2.12. The Morgan fingerprint density at radius 2 is 2.04 bits per heavy atom. The third kappa shape index (κ3) is 5.38. The van der Waals surface area contributed by atoms with Crippen molar-refractivity contribution in [3.05, 3.63) is 46.2 Å². The van der Waals surface area contributed by atoms with Gasteiger partial charge in [0.25, 0.3) is 0 Å². The predicted octanol–water partition coefficient (Wildman–Crippen LogP) is 3.07. The number of hydrogen-bond acceptors (Lipinski definition) is 4. The molecule has 0 unspecified atom stereocenters. The van der Waals surface area contributed by atoms with E-state index in [0.29, 0.717) is 12.0 Å². The van der Waals surface area contributed by atoms with Crippen molar-refractivity contribution in [1.82, 2.24) is 15.1 Å². The molecular weight excluding hydrogens is 394 g/mol. The molecule has 2 N–H and O–H groups in total. The number of aromatic nitrogens is 2. The van der Waals surface area contributed by atoms with Crippen LogP contribution < -0.4 is 5.32 Å². The van der Waals surface area contributed by atoms with E-state index in [1.165, 1.54) is 15.8 Å². The van der Waals surface area contributed by atoms with Crippen LogP contribution in [0, 0.1) is 0 Å². The number of hydrogen-bond donors (Lipinski definition) is 2. The summed E-state index contributed by atoms with van der Waals surface area (Å²) in [6.07, 6.45) is 2.63. The largest absolute Gasteiger partial charge is 0.477 e. The number of carbonyl (C=O) groups excluding carboxylic acids is 1. The van der Waals surface area contributed by atoms with Crippen LogP contribution in [0.1, 0.15) is 28.9 Å². The Labute approximate surface area is 152 Å². The average molecular weight is 412 g/mol. The van der Waals surface area contributed by atoms with Gasteiger partial charge in [0.15, 0.2) is 5.69 Å². The number of carboxylic acid groups (broad SMARTS) is 1. The first kappa shape index (κ1) is 18.5. The number of aromatic carboxylic acids is 1. The van der Waals surface area contributed by atoms with E-state index in [4.69, 9.17) is 5.11 Å². The normalized spacial score (nSPS) is 10.6. The second-order valence-electron chi connectivity index (χ2n) is 5.13. The number of aryl methyl sites for hydroxylation is 1. The first-order valence-electron chi connectivity index (χ1n) is 7.36. The van der Waals surface area contributed by atoms with Crippen molar-refractivity contribution in [1.29, 1.82) is 0 Å². The minimum Gasteiger partial charge on any atom is -0.477 e. The quantitative estimate of drug-likeness (QED) is 0.514. The maximum atomic E-state index is 11.9. The molecule has 6 nitrogen and oxygen atoms in total. The predicted molar refractivity (Wildman–Crippen MR) is 96.1 cm³/mol. The molecule has 24 heavy (non-hydrogen) atoms. The molecule has 2 rings (SSSR count). The first-order chi connectivity index (χ1) is 11.5. The number of halogens is 1. The van der Waals surface area contributed by atoms with Gasteiger partial charge in [0.2, 0.25) is 5.91 Å². The van der Waals surface area contributed by atoms with Crippen LogP contribution in [-0.2, 0) is 18.4 Å². The Bertz CT molecular complexity index is 716. The lowest BCUT2D eigenvalue weighted by Crippen LogP contribution is -2.23. The lowest BCUT2D eigenvalue weighted by Gasteiger charge is -2.05. The summed E-state index contributed by atoms with van der Waals surface area (Å²) < 4.78 is 2.33. The van der Waals surface area contributed by atoms with Crippen LogP contribution in [0.5, 0.6) is 0 Å². The molecule has 0 aliphatic carbocycles. The summed E-state index contributed by atoms with van der Waals surface area (Å²) in [6.45, 7) is 0.175. The SMILES string of the molecule is Cn1ncc(CNC(=O)CCCSc2ccc(Br)cc2)c1C(=O)O. The van der Waals surface area contributed by atoms with Crippen LogP contribution in [0.3, 0.4) is 0 Å². The van der Waals surface area contributed by atoms with E-state index in [2.05, 4.69) is 26.3 Å². The molecule has 0 aliphatic heterocycles. The molecule has 0 aliphatic rings. The molecule has 0 spiro atoms. The molecule has 0 atom stereocenters. The number of nitrogens with zero attached hydrogens (tertiary/aromatic N) is 2. The van der Waals surface area contributed by atoms with Gasteiger partial charge in [-0.2, -0.15) is 5.10 Å².